The van der Waals surface area contributed by atoms with E-state index >= 15 is 0 Å². The molecule has 1 saturated carbocycles. The van der Waals surface area contributed by atoms with Crippen molar-refractivity contribution in [2.24, 2.45) is 0 Å². The van der Waals surface area contributed by atoms with Crippen LogP contribution in [0.15, 0.2) is 59.8 Å². The molecule has 0 radical (unpaired) electrons. The summed E-state index contributed by atoms with van der Waals surface area (Å²) in [6.45, 7) is 4.90. The van der Waals surface area contributed by atoms with E-state index in [-0.39, 0.29) is 11.2 Å². The van der Waals surface area contributed by atoms with Gasteiger partial charge in [-0.1, -0.05) is 66.4 Å². The minimum absolute atomic E-state index is 0.0433. The lowest BCUT2D eigenvalue weighted by Gasteiger charge is -2.17. The Morgan fingerprint density at radius 2 is 1.86 bits per heavy atom. The molecule has 0 saturated heterocycles. The number of hydrogen-bond acceptors (Lipinski definition) is 4. The van der Waals surface area contributed by atoms with Gasteiger partial charge in [0.15, 0.2) is 11.0 Å². The largest absolute Gasteiger partial charge is 0.352 e. The first-order chi connectivity index (χ1) is 13.7. The third kappa shape index (κ3) is 3.97. The van der Waals surface area contributed by atoms with Gasteiger partial charge < -0.3 is 9.88 Å². The van der Waals surface area contributed by atoms with Crippen LogP contribution in [0.3, 0.4) is 0 Å². The number of aromatic nitrogens is 3. The van der Waals surface area contributed by atoms with E-state index in [0.29, 0.717) is 6.04 Å². The van der Waals surface area contributed by atoms with Crippen molar-refractivity contribution < 1.29 is 4.79 Å². The fourth-order valence-electron chi connectivity index (χ4n) is 3.19. The number of aryl methyl sites for hydroxylation is 1. The van der Waals surface area contributed by atoms with Crippen LogP contribution in [0, 0.1) is 6.92 Å². The highest BCUT2D eigenvalue weighted by atomic mass is 32.2. The molecule has 1 aromatic heterocycles. The molecule has 1 heterocycles. The van der Waals surface area contributed by atoms with E-state index in [4.69, 9.17) is 0 Å². The van der Waals surface area contributed by atoms with E-state index in [9.17, 15) is 4.79 Å². The Morgan fingerprint density at radius 1 is 1.14 bits per heavy atom. The zero-order valence-electron chi connectivity index (χ0n) is 16.1. The van der Waals surface area contributed by atoms with Gasteiger partial charge in [-0.15, -0.1) is 10.2 Å². The molecule has 6 heteroatoms. The summed E-state index contributed by atoms with van der Waals surface area (Å²) in [6.07, 6.45) is 2.14. The summed E-state index contributed by atoms with van der Waals surface area (Å²) in [5, 5.41) is 12.5. The predicted octanol–water partition coefficient (Wildman–Crippen LogP) is 4.39. The number of rotatable bonds is 7. The van der Waals surface area contributed by atoms with E-state index in [1.165, 1.54) is 11.8 Å². The zero-order valence-corrected chi connectivity index (χ0v) is 16.9. The van der Waals surface area contributed by atoms with E-state index in [2.05, 4.69) is 46.1 Å². The number of benzene rings is 2. The lowest BCUT2D eigenvalue weighted by atomic mass is 10.1. The maximum absolute atomic E-state index is 12.9. The third-order valence-corrected chi connectivity index (χ3v) is 6.14. The van der Waals surface area contributed by atoms with Crippen molar-refractivity contribution >= 4 is 17.7 Å². The van der Waals surface area contributed by atoms with Crippen LogP contribution in [0.2, 0.25) is 0 Å². The Labute approximate surface area is 169 Å². The first-order valence-corrected chi connectivity index (χ1v) is 10.6. The number of nitrogens with zero attached hydrogens (tertiary/aromatic N) is 3. The molecule has 3 aromatic rings. The minimum Gasteiger partial charge on any atom is -0.352 e. The van der Waals surface area contributed by atoms with Crippen molar-refractivity contribution in [2.75, 3.05) is 0 Å². The summed E-state index contributed by atoms with van der Waals surface area (Å²) in [5.74, 6) is 0.888. The van der Waals surface area contributed by atoms with Gasteiger partial charge in [-0.3, -0.25) is 4.79 Å². The van der Waals surface area contributed by atoms with Crippen molar-refractivity contribution in [3.05, 3.63) is 65.7 Å². The van der Waals surface area contributed by atoms with Gasteiger partial charge in [-0.05, 0) is 37.8 Å². The number of carbonyl (C=O) groups excluding carboxylic acids is 1. The molecule has 144 valence electrons. The summed E-state index contributed by atoms with van der Waals surface area (Å²) in [4.78, 5) is 12.9. The molecule has 1 aliphatic rings. The lowest BCUT2D eigenvalue weighted by Crippen LogP contribution is -2.30. The average Bonchev–Trinajstić information content (AvgIpc) is 3.44. The molecule has 1 fully saturated rings. The molecule has 1 aliphatic carbocycles. The number of carbonyl (C=O) groups is 1. The van der Waals surface area contributed by atoms with Crippen LogP contribution in [-0.4, -0.2) is 26.7 Å². The molecule has 5 nitrogen and oxygen atoms in total. The van der Waals surface area contributed by atoms with E-state index in [1.807, 2.05) is 42.5 Å². The molecule has 1 amide bonds. The van der Waals surface area contributed by atoms with Gasteiger partial charge in [0.2, 0.25) is 5.91 Å². The highest BCUT2D eigenvalue weighted by Crippen LogP contribution is 2.37. The van der Waals surface area contributed by atoms with Crippen LogP contribution in [0.25, 0.3) is 11.4 Å². The lowest BCUT2D eigenvalue weighted by molar-refractivity contribution is -0.120. The van der Waals surface area contributed by atoms with E-state index in [1.54, 1.807) is 0 Å². The normalized spacial score (nSPS) is 14.6. The Balaban J connectivity index is 1.67. The Kier molecular flexibility index (Phi) is 5.48. The summed E-state index contributed by atoms with van der Waals surface area (Å²) < 4.78 is 2.09. The quantitative estimate of drug-likeness (QED) is 0.606. The van der Waals surface area contributed by atoms with Crippen molar-refractivity contribution in [1.82, 2.24) is 20.1 Å². The van der Waals surface area contributed by atoms with Crippen molar-refractivity contribution in [3.63, 3.8) is 0 Å². The molecule has 0 aliphatic heterocycles. The Morgan fingerprint density at radius 3 is 2.54 bits per heavy atom. The van der Waals surface area contributed by atoms with Crippen LogP contribution < -0.4 is 5.32 Å². The summed E-state index contributed by atoms with van der Waals surface area (Å²) in [5.41, 5.74) is 3.21. The molecule has 2 aromatic carbocycles. The summed E-state index contributed by atoms with van der Waals surface area (Å²) in [6, 6.07) is 18.4. The number of amides is 1. The van der Waals surface area contributed by atoms with Gasteiger partial charge in [0.05, 0.1) is 0 Å². The fraction of sp³-hybridized carbons (Fsp3) is 0.318. The molecule has 4 rings (SSSR count). The van der Waals surface area contributed by atoms with Crippen molar-refractivity contribution in [1.29, 1.82) is 0 Å². The van der Waals surface area contributed by atoms with E-state index in [0.717, 1.165) is 47.1 Å². The molecule has 0 bridgehead atoms. The van der Waals surface area contributed by atoms with Gasteiger partial charge in [0, 0.05) is 18.2 Å². The Bertz CT molecular complexity index is 966. The maximum Gasteiger partial charge on any atom is 0.238 e. The monoisotopic (exact) mass is 392 g/mol. The number of hydrogen-bond donors (Lipinski definition) is 1. The van der Waals surface area contributed by atoms with Crippen molar-refractivity contribution in [3.8, 4) is 11.4 Å². The zero-order chi connectivity index (χ0) is 19.5. The second-order valence-electron chi connectivity index (χ2n) is 7.06. The van der Waals surface area contributed by atoms with Crippen LogP contribution >= 0.6 is 11.8 Å². The van der Waals surface area contributed by atoms with Crippen LogP contribution in [-0.2, 0) is 11.3 Å². The van der Waals surface area contributed by atoms with E-state index < -0.39 is 0 Å². The minimum atomic E-state index is -0.346. The SMILES string of the molecule is CCn1c(SC(C(=O)NC2CC2)c2ccccc2)nnc1-c1ccccc1C. The Hall–Kier alpha value is -2.60. The second-order valence-corrected chi connectivity index (χ2v) is 8.13. The van der Waals surface area contributed by atoms with Crippen molar-refractivity contribution in [2.45, 2.75) is 49.7 Å². The first-order valence-electron chi connectivity index (χ1n) is 9.68. The van der Waals surface area contributed by atoms with Gasteiger partial charge in [-0.2, -0.15) is 0 Å². The molecule has 1 atom stereocenters. The molecule has 0 spiro atoms. The van der Waals surface area contributed by atoms with Gasteiger partial charge >= 0.3 is 0 Å². The topological polar surface area (TPSA) is 59.8 Å². The summed E-state index contributed by atoms with van der Waals surface area (Å²) >= 11 is 1.47. The van der Waals surface area contributed by atoms with Crippen LogP contribution in [0.4, 0.5) is 0 Å². The second kappa shape index (κ2) is 8.19. The highest BCUT2D eigenvalue weighted by molar-refractivity contribution is 8.00. The third-order valence-electron chi connectivity index (χ3n) is 4.91. The molecular formula is C22H24N4OS. The van der Waals surface area contributed by atoms with Gasteiger partial charge in [0.1, 0.15) is 5.25 Å². The van der Waals surface area contributed by atoms with Crippen LogP contribution in [0.1, 0.15) is 36.1 Å². The number of thioether (sulfide) groups is 1. The maximum atomic E-state index is 12.9. The standard InChI is InChI=1S/C22H24N4OS/c1-3-26-20(18-12-8-7-9-15(18)2)24-25-22(26)28-19(16-10-5-4-6-11-16)21(27)23-17-13-14-17/h4-12,17,19H,3,13-14H2,1-2H3,(H,23,27). The number of nitrogens with one attached hydrogen (secondary N) is 1. The molecule has 28 heavy (non-hydrogen) atoms. The summed E-state index contributed by atoms with van der Waals surface area (Å²) in [7, 11) is 0. The van der Waals surface area contributed by atoms with Gasteiger partial charge in [0.25, 0.3) is 0 Å². The fourth-order valence-corrected chi connectivity index (χ4v) is 4.30. The van der Waals surface area contributed by atoms with Crippen LogP contribution in [0.5, 0.6) is 0 Å². The molecule has 1 unspecified atom stereocenters. The first kappa shape index (κ1) is 18.7. The van der Waals surface area contributed by atoms with Gasteiger partial charge in [-0.25, -0.2) is 0 Å². The predicted molar refractivity (Wildman–Crippen MR) is 112 cm³/mol. The smallest absolute Gasteiger partial charge is 0.238 e. The molecule has 1 N–H and O–H groups in total. The highest BCUT2D eigenvalue weighted by Gasteiger charge is 2.30. The average molecular weight is 393 g/mol. The molecular weight excluding hydrogens is 368 g/mol.